The lowest BCUT2D eigenvalue weighted by atomic mass is 9.97. The minimum absolute atomic E-state index is 0.274. The lowest BCUT2D eigenvalue weighted by Gasteiger charge is -2.29. The number of amides is 1. The highest BCUT2D eigenvalue weighted by atomic mass is 35.5. The van der Waals surface area contributed by atoms with Gasteiger partial charge in [-0.2, -0.15) is 10.2 Å². The largest absolute Gasteiger partial charge is 0.455 e. The topological polar surface area (TPSA) is 108 Å². The SMILES string of the molecule is N#Cc1ccc(Cl)cc1NC(=O)COC(=O)C1CCN(c2nc3ccccc3o2)CC1. The maximum absolute atomic E-state index is 12.4. The first-order valence-electron chi connectivity index (χ1n) is 9.80. The molecular formula is C22H19ClN4O4. The van der Waals surface area contributed by atoms with Gasteiger partial charge in [0.15, 0.2) is 12.2 Å². The van der Waals surface area contributed by atoms with Crippen molar-refractivity contribution in [3.63, 3.8) is 0 Å². The summed E-state index contributed by atoms with van der Waals surface area (Å²) in [5.74, 6) is -1.25. The third-order valence-corrected chi connectivity index (χ3v) is 5.34. The molecule has 1 aliphatic heterocycles. The summed E-state index contributed by atoms with van der Waals surface area (Å²) in [6.07, 6.45) is 1.15. The van der Waals surface area contributed by atoms with Gasteiger partial charge >= 0.3 is 5.97 Å². The summed E-state index contributed by atoms with van der Waals surface area (Å²) < 4.78 is 11.0. The highest BCUT2D eigenvalue weighted by Gasteiger charge is 2.28. The lowest BCUT2D eigenvalue weighted by molar-refractivity contribution is -0.152. The van der Waals surface area contributed by atoms with Crippen molar-refractivity contribution in [2.45, 2.75) is 12.8 Å². The molecule has 0 atom stereocenters. The number of hydrogen-bond donors (Lipinski definition) is 1. The first-order chi connectivity index (χ1) is 15.0. The molecule has 9 heteroatoms. The number of para-hydroxylation sites is 2. The Hall–Kier alpha value is -3.57. The third-order valence-electron chi connectivity index (χ3n) is 5.10. The number of oxazole rings is 1. The van der Waals surface area contributed by atoms with Crippen LogP contribution in [0.5, 0.6) is 0 Å². The molecule has 1 aliphatic rings. The van der Waals surface area contributed by atoms with Gasteiger partial charge in [-0.05, 0) is 43.2 Å². The standard InChI is InChI=1S/C22H19ClN4O4/c23-16-6-5-15(12-24)18(11-16)25-20(28)13-30-21(29)14-7-9-27(10-8-14)22-26-17-3-1-2-4-19(17)31-22/h1-6,11,14H,7-10,13H2,(H,25,28). The summed E-state index contributed by atoms with van der Waals surface area (Å²) in [7, 11) is 0. The van der Waals surface area contributed by atoms with Gasteiger partial charge in [-0.25, -0.2) is 0 Å². The number of halogens is 1. The molecule has 0 spiro atoms. The summed E-state index contributed by atoms with van der Waals surface area (Å²) in [5, 5.41) is 12.0. The minimum atomic E-state index is -0.531. The zero-order valence-corrected chi connectivity index (χ0v) is 17.3. The summed E-state index contributed by atoms with van der Waals surface area (Å²) >= 11 is 5.90. The van der Waals surface area contributed by atoms with Gasteiger partial charge in [0.1, 0.15) is 11.6 Å². The van der Waals surface area contributed by atoms with Crippen LogP contribution in [0.3, 0.4) is 0 Å². The van der Waals surface area contributed by atoms with Crippen molar-refractivity contribution in [2.24, 2.45) is 5.92 Å². The van der Waals surface area contributed by atoms with E-state index in [1.807, 2.05) is 35.2 Å². The van der Waals surface area contributed by atoms with Gasteiger partial charge in [0.05, 0.1) is 17.2 Å². The first-order valence-corrected chi connectivity index (χ1v) is 10.2. The number of ether oxygens (including phenoxy) is 1. The van der Waals surface area contributed by atoms with Crippen molar-refractivity contribution in [1.82, 2.24) is 4.98 Å². The molecule has 1 aromatic heterocycles. The quantitative estimate of drug-likeness (QED) is 0.604. The monoisotopic (exact) mass is 438 g/mol. The second-order valence-electron chi connectivity index (χ2n) is 7.18. The molecule has 1 N–H and O–H groups in total. The van der Waals surface area contributed by atoms with Gasteiger partial charge in [-0.15, -0.1) is 0 Å². The fourth-order valence-electron chi connectivity index (χ4n) is 3.46. The van der Waals surface area contributed by atoms with Gasteiger partial charge in [0.25, 0.3) is 11.9 Å². The zero-order valence-electron chi connectivity index (χ0n) is 16.5. The maximum Gasteiger partial charge on any atom is 0.309 e. The molecule has 3 aromatic rings. The number of hydrogen-bond acceptors (Lipinski definition) is 7. The highest BCUT2D eigenvalue weighted by molar-refractivity contribution is 6.31. The summed E-state index contributed by atoms with van der Waals surface area (Å²) in [6.45, 7) is 0.779. The van der Waals surface area contributed by atoms with E-state index in [4.69, 9.17) is 26.0 Å². The molecule has 4 rings (SSSR count). The van der Waals surface area contributed by atoms with E-state index < -0.39 is 18.5 Å². The summed E-state index contributed by atoms with van der Waals surface area (Å²) in [4.78, 5) is 31.0. The Bertz CT molecular complexity index is 1130. The normalized spacial score (nSPS) is 14.3. The van der Waals surface area contributed by atoms with Crippen molar-refractivity contribution in [1.29, 1.82) is 5.26 Å². The van der Waals surface area contributed by atoms with Gasteiger partial charge in [0, 0.05) is 18.1 Å². The van der Waals surface area contributed by atoms with E-state index in [-0.39, 0.29) is 17.2 Å². The smallest absolute Gasteiger partial charge is 0.309 e. The predicted octanol–water partition coefficient (Wildman–Crippen LogP) is 3.75. The number of piperidine rings is 1. The van der Waals surface area contributed by atoms with Crippen LogP contribution >= 0.6 is 11.6 Å². The number of anilines is 2. The number of carbonyl (C=O) groups excluding carboxylic acids is 2. The number of rotatable bonds is 5. The number of fused-ring (bicyclic) bond motifs is 1. The minimum Gasteiger partial charge on any atom is -0.455 e. The van der Waals surface area contributed by atoms with Crippen molar-refractivity contribution in [3.05, 3.63) is 53.1 Å². The molecule has 0 unspecified atom stereocenters. The van der Waals surface area contributed by atoms with Crippen LogP contribution < -0.4 is 10.2 Å². The summed E-state index contributed by atoms with van der Waals surface area (Å²) in [6, 6.07) is 14.6. The molecule has 0 bridgehead atoms. The second-order valence-corrected chi connectivity index (χ2v) is 7.62. The van der Waals surface area contributed by atoms with Crippen molar-refractivity contribution < 1.29 is 18.7 Å². The average molecular weight is 439 g/mol. The van der Waals surface area contributed by atoms with E-state index in [2.05, 4.69) is 10.3 Å². The molecule has 0 radical (unpaired) electrons. The molecule has 31 heavy (non-hydrogen) atoms. The zero-order chi connectivity index (χ0) is 21.8. The van der Waals surface area contributed by atoms with Gasteiger partial charge < -0.3 is 19.4 Å². The van der Waals surface area contributed by atoms with E-state index in [1.165, 1.54) is 12.1 Å². The Balaban J connectivity index is 1.27. The van der Waals surface area contributed by atoms with Gasteiger partial charge in [-0.3, -0.25) is 9.59 Å². The second kappa shape index (κ2) is 9.06. The summed E-state index contributed by atoms with van der Waals surface area (Å²) in [5.41, 5.74) is 2.08. The van der Waals surface area contributed by atoms with Crippen molar-refractivity contribution in [2.75, 3.05) is 29.9 Å². The lowest BCUT2D eigenvalue weighted by Crippen LogP contribution is -2.37. The Morgan fingerprint density at radius 2 is 2.03 bits per heavy atom. The number of nitriles is 1. The van der Waals surface area contributed by atoms with Crippen LogP contribution in [0.1, 0.15) is 18.4 Å². The van der Waals surface area contributed by atoms with Gasteiger partial charge in [0.2, 0.25) is 0 Å². The predicted molar refractivity (Wildman–Crippen MR) is 115 cm³/mol. The fraction of sp³-hybridized carbons (Fsp3) is 0.273. The molecule has 1 saturated heterocycles. The van der Waals surface area contributed by atoms with Crippen LogP contribution in [0.4, 0.5) is 11.7 Å². The third kappa shape index (κ3) is 4.78. The Morgan fingerprint density at radius 1 is 1.26 bits per heavy atom. The fourth-order valence-corrected chi connectivity index (χ4v) is 3.63. The molecule has 0 aliphatic carbocycles. The molecule has 2 aromatic carbocycles. The van der Waals surface area contributed by atoms with E-state index in [0.717, 1.165) is 11.1 Å². The van der Waals surface area contributed by atoms with Crippen molar-refractivity contribution >= 4 is 46.3 Å². The van der Waals surface area contributed by atoms with E-state index in [9.17, 15) is 9.59 Å². The van der Waals surface area contributed by atoms with Crippen LogP contribution in [0, 0.1) is 17.2 Å². The average Bonchev–Trinajstić information content (AvgIpc) is 3.22. The molecule has 1 fully saturated rings. The molecule has 158 valence electrons. The number of esters is 1. The number of nitrogens with zero attached hydrogens (tertiary/aromatic N) is 3. The van der Waals surface area contributed by atoms with Crippen molar-refractivity contribution in [3.8, 4) is 6.07 Å². The van der Waals surface area contributed by atoms with Crippen LogP contribution in [-0.4, -0.2) is 36.6 Å². The molecule has 8 nitrogen and oxygen atoms in total. The van der Waals surface area contributed by atoms with E-state index in [0.29, 0.717) is 37.0 Å². The highest BCUT2D eigenvalue weighted by Crippen LogP contribution is 2.27. The molecule has 2 heterocycles. The number of benzene rings is 2. The van der Waals surface area contributed by atoms with Gasteiger partial charge in [-0.1, -0.05) is 23.7 Å². The Morgan fingerprint density at radius 3 is 2.77 bits per heavy atom. The Labute approximate surface area is 183 Å². The van der Waals surface area contributed by atoms with Crippen LogP contribution in [0.2, 0.25) is 5.02 Å². The van der Waals surface area contributed by atoms with Crippen LogP contribution in [-0.2, 0) is 14.3 Å². The Kier molecular flexibility index (Phi) is 6.05. The maximum atomic E-state index is 12.4. The molecule has 0 saturated carbocycles. The van der Waals surface area contributed by atoms with Crippen LogP contribution in [0.25, 0.3) is 11.1 Å². The number of aromatic nitrogens is 1. The van der Waals surface area contributed by atoms with Crippen LogP contribution in [0.15, 0.2) is 46.9 Å². The molecular weight excluding hydrogens is 420 g/mol. The van der Waals surface area contributed by atoms with E-state index in [1.54, 1.807) is 6.07 Å². The number of nitrogens with one attached hydrogen (secondary N) is 1. The molecule has 1 amide bonds. The first kappa shape index (κ1) is 20.7. The van der Waals surface area contributed by atoms with E-state index >= 15 is 0 Å². The number of carbonyl (C=O) groups is 2.